The number of hydrogen-bond acceptors (Lipinski definition) is 4. The Bertz CT molecular complexity index is 1290. The van der Waals surface area contributed by atoms with E-state index in [4.69, 9.17) is 4.74 Å². The fourth-order valence-corrected chi connectivity index (χ4v) is 3.56. The van der Waals surface area contributed by atoms with Gasteiger partial charge in [0.05, 0.1) is 19.5 Å². The van der Waals surface area contributed by atoms with Gasteiger partial charge in [0.25, 0.3) is 0 Å². The molecule has 6 nitrogen and oxygen atoms in total. The van der Waals surface area contributed by atoms with Gasteiger partial charge in [-0.05, 0) is 28.8 Å². The second-order valence-electron chi connectivity index (χ2n) is 6.87. The van der Waals surface area contributed by atoms with Crippen molar-refractivity contribution in [2.45, 2.75) is 0 Å². The fraction of sp³-hybridized carbons (Fsp3) is 0.0870. The summed E-state index contributed by atoms with van der Waals surface area (Å²) < 4.78 is 9.36. The molecule has 0 aliphatic carbocycles. The second-order valence-corrected chi connectivity index (χ2v) is 6.87. The molecule has 0 aliphatic rings. The van der Waals surface area contributed by atoms with Crippen LogP contribution in [0.1, 0.15) is 0 Å². The Morgan fingerprint density at radius 2 is 1.62 bits per heavy atom. The van der Waals surface area contributed by atoms with E-state index in [0.29, 0.717) is 0 Å². The topological polar surface area (TPSA) is 57.2 Å². The summed E-state index contributed by atoms with van der Waals surface area (Å²) in [5.74, 6) is 0.773. The van der Waals surface area contributed by atoms with Crippen LogP contribution in [-0.4, -0.2) is 31.5 Å². The minimum atomic E-state index is 0.773. The lowest BCUT2D eigenvalue weighted by molar-refractivity contribution is 0.418. The molecule has 29 heavy (non-hydrogen) atoms. The molecule has 1 aromatic carbocycles. The van der Waals surface area contributed by atoms with E-state index in [0.717, 1.165) is 44.6 Å². The zero-order valence-corrected chi connectivity index (χ0v) is 16.1. The molecule has 5 rings (SSSR count). The summed E-state index contributed by atoms with van der Waals surface area (Å²) in [5.41, 5.74) is 7.29. The average Bonchev–Trinajstić information content (AvgIpc) is 3.40. The Hall–Kier alpha value is -3.93. The normalized spacial score (nSPS) is 11.1. The van der Waals surface area contributed by atoms with Crippen molar-refractivity contribution in [3.63, 3.8) is 0 Å². The molecular formula is C23H19N5O. The molecule has 0 amide bonds. The van der Waals surface area contributed by atoms with Crippen molar-refractivity contribution in [1.29, 1.82) is 0 Å². The number of aryl methyl sites for hydroxylation is 1. The molecule has 0 fully saturated rings. The summed E-state index contributed by atoms with van der Waals surface area (Å²) in [6.45, 7) is 0. The molecule has 0 saturated carbocycles. The summed E-state index contributed by atoms with van der Waals surface area (Å²) in [7, 11) is 3.59. The summed E-state index contributed by atoms with van der Waals surface area (Å²) in [6.07, 6.45) is 11.3. The lowest BCUT2D eigenvalue weighted by Gasteiger charge is -2.09. The highest BCUT2D eigenvalue weighted by atomic mass is 16.5. The van der Waals surface area contributed by atoms with Crippen molar-refractivity contribution in [3.05, 3.63) is 79.6 Å². The number of aromatic nitrogens is 5. The van der Waals surface area contributed by atoms with Crippen LogP contribution in [0.5, 0.6) is 5.75 Å². The Kier molecular flexibility index (Phi) is 4.09. The van der Waals surface area contributed by atoms with Crippen molar-refractivity contribution in [3.8, 4) is 39.1 Å². The van der Waals surface area contributed by atoms with Crippen LogP contribution in [-0.2, 0) is 7.05 Å². The molecule has 0 atom stereocenters. The van der Waals surface area contributed by atoms with E-state index in [1.165, 1.54) is 0 Å². The number of fused-ring (bicyclic) bond motifs is 1. The van der Waals surface area contributed by atoms with Crippen LogP contribution in [0.15, 0.2) is 79.6 Å². The van der Waals surface area contributed by atoms with Gasteiger partial charge in [-0.2, -0.15) is 10.2 Å². The Morgan fingerprint density at radius 3 is 2.31 bits per heavy atom. The lowest BCUT2D eigenvalue weighted by atomic mass is 10.0. The van der Waals surface area contributed by atoms with Gasteiger partial charge in [0.15, 0.2) is 0 Å². The molecule has 4 heterocycles. The van der Waals surface area contributed by atoms with E-state index >= 15 is 0 Å². The van der Waals surface area contributed by atoms with E-state index in [-0.39, 0.29) is 0 Å². The first kappa shape index (κ1) is 17.2. The van der Waals surface area contributed by atoms with Crippen LogP contribution >= 0.6 is 0 Å². The molecule has 0 radical (unpaired) electrons. The van der Waals surface area contributed by atoms with E-state index in [9.17, 15) is 0 Å². The van der Waals surface area contributed by atoms with Gasteiger partial charge < -0.3 is 4.74 Å². The van der Waals surface area contributed by atoms with Gasteiger partial charge in [-0.15, -0.1) is 0 Å². The summed E-state index contributed by atoms with van der Waals surface area (Å²) in [6, 6.07) is 14.4. The standard InChI is InChI=1S/C23H19N5O/c1-27-14-20(12-25-27)19-10-22(29-2)23-21(13-26-28(23)15-19)17-7-5-16(6-8-17)18-4-3-9-24-11-18/h3-15H,1-2H3. The number of hydrogen-bond donors (Lipinski definition) is 0. The monoisotopic (exact) mass is 381 g/mol. The first-order valence-electron chi connectivity index (χ1n) is 9.28. The summed E-state index contributed by atoms with van der Waals surface area (Å²) in [4.78, 5) is 4.20. The van der Waals surface area contributed by atoms with E-state index < -0.39 is 0 Å². The maximum atomic E-state index is 5.71. The third-order valence-electron chi connectivity index (χ3n) is 5.03. The minimum Gasteiger partial charge on any atom is -0.494 e. The highest BCUT2D eigenvalue weighted by Crippen LogP contribution is 2.35. The zero-order chi connectivity index (χ0) is 19.8. The van der Waals surface area contributed by atoms with Crippen molar-refractivity contribution in [1.82, 2.24) is 24.4 Å². The molecule has 0 bridgehead atoms. The third-order valence-corrected chi connectivity index (χ3v) is 5.03. The largest absolute Gasteiger partial charge is 0.494 e. The second kappa shape index (κ2) is 6.91. The van der Waals surface area contributed by atoms with Gasteiger partial charge >= 0.3 is 0 Å². The van der Waals surface area contributed by atoms with E-state index in [2.05, 4.69) is 45.5 Å². The molecule has 0 N–H and O–H groups in total. The van der Waals surface area contributed by atoms with Gasteiger partial charge in [-0.1, -0.05) is 30.3 Å². The SMILES string of the molecule is COc1cc(-c2cnn(C)c2)cn2ncc(-c3ccc(-c4cccnc4)cc3)c12. The van der Waals surface area contributed by atoms with Crippen molar-refractivity contribution in [2.24, 2.45) is 7.05 Å². The Labute approximate surface area is 168 Å². The molecule has 0 aliphatic heterocycles. The summed E-state index contributed by atoms with van der Waals surface area (Å²) in [5, 5.41) is 8.83. The highest BCUT2D eigenvalue weighted by molar-refractivity contribution is 5.87. The fourth-order valence-electron chi connectivity index (χ4n) is 3.56. The van der Waals surface area contributed by atoms with Crippen LogP contribution < -0.4 is 4.74 Å². The van der Waals surface area contributed by atoms with E-state index in [1.807, 2.05) is 54.7 Å². The van der Waals surface area contributed by atoms with Crippen LogP contribution in [0.2, 0.25) is 0 Å². The van der Waals surface area contributed by atoms with Gasteiger partial charge in [-0.25, -0.2) is 4.52 Å². The van der Waals surface area contributed by atoms with Crippen LogP contribution in [0.4, 0.5) is 0 Å². The van der Waals surface area contributed by atoms with Gasteiger partial charge in [0, 0.05) is 48.5 Å². The van der Waals surface area contributed by atoms with E-state index in [1.54, 1.807) is 18.0 Å². The van der Waals surface area contributed by atoms with Crippen LogP contribution in [0, 0.1) is 0 Å². The molecular weight excluding hydrogens is 362 g/mol. The number of rotatable bonds is 4. The number of pyridine rings is 2. The minimum absolute atomic E-state index is 0.773. The zero-order valence-electron chi connectivity index (χ0n) is 16.1. The predicted octanol–water partition coefficient (Wildman–Crippen LogP) is 4.47. The first-order valence-corrected chi connectivity index (χ1v) is 9.28. The molecule has 0 unspecified atom stereocenters. The molecule has 4 aromatic heterocycles. The van der Waals surface area contributed by atoms with Crippen molar-refractivity contribution < 1.29 is 4.74 Å². The number of methoxy groups -OCH3 is 1. The van der Waals surface area contributed by atoms with Crippen LogP contribution in [0.25, 0.3) is 38.9 Å². The Morgan fingerprint density at radius 1 is 0.793 bits per heavy atom. The number of nitrogens with zero attached hydrogens (tertiary/aromatic N) is 5. The Balaban J connectivity index is 1.59. The maximum absolute atomic E-state index is 5.71. The van der Waals surface area contributed by atoms with Gasteiger partial charge in [-0.3, -0.25) is 9.67 Å². The average molecular weight is 381 g/mol. The molecule has 0 spiro atoms. The number of benzene rings is 1. The molecule has 5 aromatic rings. The predicted molar refractivity (Wildman–Crippen MR) is 113 cm³/mol. The number of ether oxygens (including phenoxy) is 1. The lowest BCUT2D eigenvalue weighted by Crippen LogP contribution is -1.94. The third kappa shape index (κ3) is 3.04. The molecule has 0 saturated heterocycles. The molecule has 6 heteroatoms. The first-order chi connectivity index (χ1) is 14.2. The maximum Gasteiger partial charge on any atom is 0.145 e. The molecule has 142 valence electrons. The highest BCUT2D eigenvalue weighted by Gasteiger charge is 2.15. The quantitative estimate of drug-likeness (QED) is 0.461. The summed E-state index contributed by atoms with van der Waals surface area (Å²) >= 11 is 0. The van der Waals surface area contributed by atoms with Crippen molar-refractivity contribution in [2.75, 3.05) is 7.11 Å². The van der Waals surface area contributed by atoms with Gasteiger partial charge in [0.2, 0.25) is 0 Å². The van der Waals surface area contributed by atoms with Crippen molar-refractivity contribution >= 4 is 5.52 Å². The van der Waals surface area contributed by atoms with Crippen LogP contribution in [0.3, 0.4) is 0 Å². The smallest absolute Gasteiger partial charge is 0.145 e. The van der Waals surface area contributed by atoms with Gasteiger partial charge in [0.1, 0.15) is 11.3 Å².